The van der Waals surface area contributed by atoms with E-state index in [1.165, 1.54) is 53.9 Å². The van der Waals surface area contributed by atoms with Crippen molar-refractivity contribution in [3.8, 4) is 0 Å². The maximum Gasteiger partial charge on any atom is 0.698 e. The highest BCUT2D eigenvalue weighted by Crippen LogP contribution is 2.39. The minimum atomic E-state index is -2.29. The quantitative estimate of drug-likeness (QED) is 0.165. The Morgan fingerprint density at radius 1 is 0.421 bits per heavy atom. The molecule has 0 aliphatic heterocycles. The molecule has 8 aromatic carbocycles. The third-order valence-corrected chi connectivity index (χ3v) is 8.57. The second-order valence-electron chi connectivity index (χ2n) is 9.93. The van der Waals surface area contributed by atoms with E-state index in [2.05, 4.69) is 109 Å². The molecular weight excluding hydrogens is 487 g/mol. The molecule has 0 fully saturated rings. The van der Waals surface area contributed by atoms with Crippen molar-refractivity contribution in [3.05, 3.63) is 120 Å². The Hall–Kier alpha value is -4.14. The summed E-state index contributed by atoms with van der Waals surface area (Å²) in [6, 6.07) is 38.4. The average molecular weight is 510 g/mol. The highest BCUT2D eigenvalue weighted by Gasteiger charge is 2.23. The molecule has 38 heavy (non-hydrogen) atoms. The predicted octanol–water partition coefficient (Wildman–Crippen LogP) is 9.87. The normalized spacial score (nSPS) is 12.2. The van der Waals surface area contributed by atoms with E-state index in [1.807, 2.05) is 0 Å². The Morgan fingerprint density at radius 2 is 0.763 bits per heavy atom. The predicted molar refractivity (Wildman–Crippen MR) is 157 cm³/mol. The van der Waals surface area contributed by atoms with Crippen LogP contribution in [0.25, 0.3) is 64.6 Å². The van der Waals surface area contributed by atoms with Gasteiger partial charge in [0, 0.05) is 4.57 Å². The second-order valence-corrected chi connectivity index (χ2v) is 10.9. The number of rotatable bonds is 6. The van der Waals surface area contributed by atoms with Crippen molar-refractivity contribution in [1.82, 2.24) is 0 Å². The zero-order valence-corrected chi connectivity index (χ0v) is 21.4. The van der Waals surface area contributed by atoms with Gasteiger partial charge in [-0.2, -0.15) is 0 Å². The van der Waals surface area contributed by atoms with E-state index in [-0.39, 0.29) is 13.2 Å². The third-order valence-electron chi connectivity index (χ3n) is 7.89. The van der Waals surface area contributed by atoms with Crippen LogP contribution in [0.5, 0.6) is 0 Å². The standard InChI is InChI=1S/C34H22O3P/c35-38(36-19-27-13-11-25-9-7-21-3-1-5-23-15-17-29(27)33(25)31(21)23)37-20-28-14-12-26-10-8-22-4-2-6-24-16-18-30(28)34(26)32(22)24/h1-18H,19-20H2/q+1. The summed E-state index contributed by atoms with van der Waals surface area (Å²) in [6.45, 7) is 0.448. The molecule has 0 atom stereocenters. The molecule has 0 amide bonds. The number of hydrogen-bond acceptors (Lipinski definition) is 3. The van der Waals surface area contributed by atoms with Crippen LogP contribution in [-0.2, 0) is 26.8 Å². The molecule has 0 aliphatic carbocycles. The first-order valence-corrected chi connectivity index (χ1v) is 13.9. The molecular formula is C34H22O3P+. The maximum absolute atomic E-state index is 12.8. The van der Waals surface area contributed by atoms with Gasteiger partial charge in [-0.1, -0.05) is 109 Å². The molecule has 0 N–H and O–H groups in total. The molecule has 0 aromatic heterocycles. The van der Waals surface area contributed by atoms with Gasteiger partial charge in [0.2, 0.25) is 0 Å². The summed E-state index contributed by atoms with van der Waals surface area (Å²) in [4.78, 5) is 0. The van der Waals surface area contributed by atoms with Gasteiger partial charge in [-0.15, -0.1) is 9.05 Å². The van der Waals surface area contributed by atoms with Gasteiger partial charge in [-0.05, 0) is 75.8 Å². The summed E-state index contributed by atoms with van der Waals surface area (Å²) >= 11 is 0. The number of benzene rings is 8. The van der Waals surface area contributed by atoms with E-state index in [0.717, 1.165) is 21.9 Å². The van der Waals surface area contributed by atoms with Crippen molar-refractivity contribution in [2.45, 2.75) is 13.2 Å². The Labute approximate surface area is 219 Å². The van der Waals surface area contributed by atoms with Crippen LogP contribution in [-0.4, -0.2) is 0 Å². The van der Waals surface area contributed by atoms with Crippen LogP contribution in [0.1, 0.15) is 11.1 Å². The molecule has 3 nitrogen and oxygen atoms in total. The van der Waals surface area contributed by atoms with Crippen LogP contribution < -0.4 is 0 Å². The topological polar surface area (TPSA) is 35.5 Å². The molecule has 0 radical (unpaired) electrons. The van der Waals surface area contributed by atoms with Gasteiger partial charge >= 0.3 is 8.25 Å². The van der Waals surface area contributed by atoms with Gasteiger partial charge in [0.15, 0.2) is 0 Å². The molecule has 4 heteroatoms. The molecule has 0 saturated carbocycles. The summed E-state index contributed by atoms with van der Waals surface area (Å²) in [7, 11) is -2.29. The van der Waals surface area contributed by atoms with Crippen LogP contribution in [0.15, 0.2) is 109 Å². The van der Waals surface area contributed by atoms with Crippen molar-refractivity contribution < 1.29 is 13.6 Å². The SMILES string of the molecule is O=[P+](OCc1ccc2ccc3cccc4ccc1c2c34)OCc1ccc2ccc3cccc4ccc1c2c34. The summed E-state index contributed by atoms with van der Waals surface area (Å²) in [5.41, 5.74) is 2.01. The lowest BCUT2D eigenvalue weighted by molar-refractivity contribution is 0.214. The highest BCUT2D eigenvalue weighted by molar-refractivity contribution is 7.33. The molecule has 180 valence electrons. The Balaban J connectivity index is 1.06. The van der Waals surface area contributed by atoms with Crippen molar-refractivity contribution in [2.75, 3.05) is 0 Å². The Morgan fingerprint density at radius 3 is 1.18 bits per heavy atom. The lowest BCUT2D eigenvalue weighted by Gasteiger charge is -2.13. The van der Waals surface area contributed by atoms with Crippen molar-refractivity contribution >= 4 is 72.9 Å². The zero-order chi connectivity index (χ0) is 25.2. The van der Waals surface area contributed by atoms with Crippen molar-refractivity contribution in [3.63, 3.8) is 0 Å². The van der Waals surface area contributed by atoms with Gasteiger partial charge in [-0.25, -0.2) is 0 Å². The fourth-order valence-electron chi connectivity index (χ4n) is 6.12. The molecule has 0 aliphatic rings. The first kappa shape index (κ1) is 21.9. The van der Waals surface area contributed by atoms with Crippen LogP contribution in [0.2, 0.25) is 0 Å². The number of hydrogen-bond donors (Lipinski definition) is 0. The van der Waals surface area contributed by atoms with Crippen LogP contribution in [0.3, 0.4) is 0 Å². The second kappa shape index (κ2) is 8.44. The minimum Gasteiger partial charge on any atom is -0.114 e. The third kappa shape index (κ3) is 3.30. The van der Waals surface area contributed by atoms with Crippen LogP contribution in [0.4, 0.5) is 0 Å². The van der Waals surface area contributed by atoms with E-state index >= 15 is 0 Å². The fraction of sp³-hybridized carbons (Fsp3) is 0.0588. The Kier molecular flexibility index (Phi) is 4.86. The summed E-state index contributed by atoms with van der Waals surface area (Å²) in [5.74, 6) is 0. The molecule has 0 spiro atoms. The zero-order valence-electron chi connectivity index (χ0n) is 20.5. The van der Waals surface area contributed by atoms with E-state index in [1.54, 1.807) is 0 Å². The summed E-state index contributed by atoms with van der Waals surface area (Å²) in [5, 5.41) is 14.5. The van der Waals surface area contributed by atoms with Gasteiger partial charge in [0.25, 0.3) is 0 Å². The fourth-order valence-corrected chi connectivity index (χ4v) is 6.69. The first-order chi connectivity index (χ1) is 18.7. The highest BCUT2D eigenvalue weighted by atomic mass is 31.1. The lowest BCUT2D eigenvalue weighted by atomic mass is 9.92. The largest absolute Gasteiger partial charge is 0.698 e. The molecule has 8 aromatic rings. The van der Waals surface area contributed by atoms with Gasteiger partial charge in [0.1, 0.15) is 13.2 Å². The van der Waals surface area contributed by atoms with Gasteiger partial charge in [-0.3, -0.25) is 0 Å². The van der Waals surface area contributed by atoms with Crippen LogP contribution in [0, 0.1) is 0 Å². The van der Waals surface area contributed by atoms with E-state index in [9.17, 15) is 4.57 Å². The van der Waals surface area contributed by atoms with Crippen molar-refractivity contribution in [1.29, 1.82) is 0 Å². The Bertz CT molecular complexity index is 1980. The molecule has 0 heterocycles. The maximum atomic E-state index is 12.8. The van der Waals surface area contributed by atoms with Crippen LogP contribution >= 0.6 is 8.25 Å². The van der Waals surface area contributed by atoms with Crippen molar-refractivity contribution in [2.24, 2.45) is 0 Å². The summed E-state index contributed by atoms with van der Waals surface area (Å²) < 4.78 is 24.3. The smallest absolute Gasteiger partial charge is 0.114 e. The molecule has 0 bridgehead atoms. The average Bonchev–Trinajstić information content (AvgIpc) is 2.97. The van der Waals surface area contributed by atoms with Gasteiger partial charge in [0.05, 0.1) is 0 Å². The van der Waals surface area contributed by atoms with E-state index < -0.39 is 8.25 Å². The molecule has 8 rings (SSSR count). The lowest BCUT2D eigenvalue weighted by Crippen LogP contribution is -1.94. The minimum absolute atomic E-state index is 0.224. The summed E-state index contributed by atoms with van der Waals surface area (Å²) in [6.07, 6.45) is 0. The van der Waals surface area contributed by atoms with Gasteiger partial charge < -0.3 is 0 Å². The monoisotopic (exact) mass is 509 g/mol. The molecule has 0 unspecified atom stereocenters. The first-order valence-electron chi connectivity index (χ1n) is 12.8. The van der Waals surface area contributed by atoms with E-state index in [0.29, 0.717) is 0 Å². The van der Waals surface area contributed by atoms with E-state index in [4.69, 9.17) is 9.05 Å². The molecule has 0 saturated heterocycles.